The van der Waals surface area contributed by atoms with Gasteiger partial charge in [0.25, 0.3) is 0 Å². The number of pyridine rings is 1. The van der Waals surface area contributed by atoms with E-state index in [1.165, 1.54) is 0 Å². The fraction of sp³-hybridized carbons (Fsp3) is 0. The van der Waals surface area contributed by atoms with Gasteiger partial charge in [-0.25, -0.2) is 0 Å². The molecule has 0 N–H and O–H groups in total. The van der Waals surface area contributed by atoms with Gasteiger partial charge >= 0.3 is 0 Å². The Morgan fingerprint density at radius 2 is 1.92 bits per heavy atom. The summed E-state index contributed by atoms with van der Waals surface area (Å²) in [6, 6.07) is 13.7. The predicted molar refractivity (Wildman–Crippen MR) is 49.7 cm³/mol. The highest BCUT2D eigenvalue weighted by molar-refractivity contribution is 5.58. The third-order valence-electron chi connectivity index (χ3n) is 1.65. The normalized spacial score (nSPS) is 10.8. The molecular weight excluding hydrogens is 146 g/mol. The highest BCUT2D eigenvalue weighted by Crippen LogP contribution is 2.14. The van der Waals surface area contributed by atoms with Gasteiger partial charge in [-0.05, 0) is 12.1 Å². The van der Waals surface area contributed by atoms with E-state index in [0.717, 1.165) is 11.3 Å². The van der Waals surface area contributed by atoms with Crippen LogP contribution < -0.4 is 0 Å². The van der Waals surface area contributed by atoms with Crippen LogP contribution >= 0.6 is 0 Å². The Balaban J connectivity index is 2.54. The molecule has 0 amide bonds. The first-order valence-electron chi connectivity index (χ1n) is 4.35. The summed E-state index contributed by atoms with van der Waals surface area (Å²) >= 11 is 0. The summed E-state index contributed by atoms with van der Waals surface area (Å²) in [6.07, 6.45) is 1.74. The Bertz CT molecular complexity index is 398. The molecule has 1 nitrogen and oxygen atoms in total. The Kier molecular flexibility index (Phi) is 1.58. The molecule has 0 saturated carbocycles. The molecule has 0 fully saturated rings. The van der Waals surface area contributed by atoms with E-state index in [4.69, 9.17) is 1.37 Å². The molecule has 0 aliphatic carbocycles. The average molecular weight is 156 g/mol. The maximum absolute atomic E-state index is 7.67. The molecule has 2 rings (SSSR count). The lowest BCUT2D eigenvalue weighted by molar-refractivity contribution is 1.33. The standard InChI is InChI=1S/C11H9N/c1-2-6-10(7-3-1)11-8-4-5-9-12-11/h1-9H/i6D. The van der Waals surface area contributed by atoms with Crippen molar-refractivity contribution in [2.75, 3.05) is 0 Å². The smallest absolute Gasteiger partial charge is 0.0701 e. The van der Waals surface area contributed by atoms with E-state index in [2.05, 4.69) is 4.98 Å². The second-order valence-electron chi connectivity index (χ2n) is 2.49. The highest BCUT2D eigenvalue weighted by Gasteiger charge is 1.93. The zero-order valence-corrected chi connectivity index (χ0v) is 6.57. The third kappa shape index (κ3) is 1.35. The van der Waals surface area contributed by atoms with Crippen molar-refractivity contribution in [2.45, 2.75) is 0 Å². The van der Waals surface area contributed by atoms with Crippen LogP contribution in [0.1, 0.15) is 1.37 Å². The van der Waals surface area contributed by atoms with Crippen molar-refractivity contribution in [1.29, 1.82) is 0 Å². The van der Waals surface area contributed by atoms with Crippen molar-refractivity contribution in [3.63, 3.8) is 0 Å². The lowest BCUT2D eigenvalue weighted by Gasteiger charge is -1.97. The van der Waals surface area contributed by atoms with E-state index in [1.54, 1.807) is 12.3 Å². The second-order valence-corrected chi connectivity index (χ2v) is 2.49. The van der Waals surface area contributed by atoms with Gasteiger partial charge in [0, 0.05) is 11.8 Å². The van der Waals surface area contributed by atoms with Crippen LogP contribution in [0.4, 0.5) is 0 Å². The lowest BCUT2D eigenvalue weighted by atomic mass is 10.1. The van der Waals surface area contributed by atoms with Crippen LogP contribution in [0.5, 0.6) is 0 Å². The predicted octanol–water partition coefficient (Wildman–Crippen LogP) is 2.75. The minimum Gasteiger partial charge on any atom is -0.256 e. The number of aromatic nitrogens is 1. The second kappa shape index (κ2) is 3.18. The molecule has 0 radical (unpaired) electrons. The van der Waals surface area contributed by atoms with Crippen LogP contribution in [0, 0.1) is 0 Å². The van der Waals surface area contributed by atoms with E-state index >= 15 is 0 Å². The van der Waals surface area contributed by atoms with Crippen LogP contribution in [0.3, 0.4) is 0 Å². The minimum atomic E-state index is 0.515. The fourth-order valence-corrected chi connectivity index (χ4v) is 1.07. The number of nitrogens with zero attached hydrogens (tertiary/aromatic N) is 1. The first kappa shape index (κ1) is 5.95. The summed E-state index contributed by atoms with van der Waals surface area (Å²) < 4.78 is 7.67. The Labute approximate surface area is 73.1 Å². The molecule has 1 aromatic heterocycles. The van der Waals surface area contributed by atoms with Gasteiger partial charge in [0.15, 0.2) is 0 Å². The summed E-state index contributed by atoms with van der Waals surface area (Å²) in [5.41, 5.74) is 1.73. The summed E-state index contributed by atoms with van der Waals surface area (Å²) in [7, 11) is 0. The number of benzene rings is 1. The molecule has 12 heavy (non-hydrogen) atoms. The summed E-state index contributed by atoms with van der Waals surface area (Å²) in [5, 5.41) is 0. The van der Waals surface area contributed by atoms with E-state index in [9.17, 15) is 0 Å². The molecular formula is C11H9N. The van der Waals surface area contributed by atoms with Crippen molar-refractivity contribution in [3.8, 4) is 11.3 Å². The quantitative estimate of drug-likeness (QED) is 0.618. The van der Waals surface area contributed by atoms with Crippen LogP contribution in [0.15, 0.2) is 54.7 Å². The minimum absolute atomic E-state index is 0.515. The first-order chi connectivity index (χ1) is 6.38. The van der Waals surface area contributed by atoms with Gasteiger partial charge in [-0.2, -0.15) is 0 Å². The summed E-state index contributed by atoms with van der Waals surface area (Å²) in [4.78, 5) is 4.19. The van der Waals surface area contributed by atoms with Crippen LogP contribution in [-0.2, 0) is 0 Å². The van der Waals surface area contributed by atoms with Crippen LogP contribution in [0.25, 0.3) is 11.3 Å². The molecule has 0 atom stereocenters. The van der Waals surface area contributed by atoms with Gasteiger partial charge in [0.2, 0.25) is 0 Å². The molecule has 1 heteroatoms. The summed E-state index contributed by atoms with van der Waals surface area (Å²) in [5.74, 6) is 0. The number of hydrogen-bond acceptors (Lipinski definition) is 1. The van der Waals surface area contributed by atoms with E-state index in [-0.39, 0.29) is 0 Å². The SMILES string of the molecule is [2H]c1ccccc1-c1ccccn1. The van der Waals surface area contributed by atoms with Gasteiger partial charge < -0.3 is 0 Å². The number of rotatable bonds is 1. The zero-order chi connectivity index (χ0) is 9.10. The fourth-order valence-electron chi connectivity index (χ4n) is 1.07. The molecule has 0 aliphatic heterocycles. The molecule has 0 aliphatic rings. The van der Waals surface area contributed by atoms with Crippen LogP contribution in [0.2, 0.25) is 0 Å². The molecule has 2 aromatic rings. The molecule has 0 spiro atoms. The molecule has 0 saturated heterocycles. The molecule has 58 valence electrons. The lowest BCUT2D eigenvalue weighted by Crippen LogP contribution is -1.79. The van der Waals surface area contributed by atoms with Gasteiger partial charge in [-0.1, -0.05) is 36.4 Å². The van der Waals surface area contributed by atoms with Crippen molar-refractivity contribution in [1.82, 2.24) is 4.98 Å². The Morgan fingerprint density at radius 1 is 1.00 bits per heavy atom. The highest BCUT2D eigenvalue weighted by atomic mass is 14.7. The number of hydrogen-bond donors (Lipinski definition) is 0. The van der Waals surface area contributed by atoms with Crippen molar-refractivity contribution >= 4 is 0 Å². The molecule has 1 aromatic carbocycles. The monoisotopic (exact) mass is 156 g/mol. The molecule has 0 unspecified atom stereocenters. The Hall–Kier alpha value is -1.63. The first-order valence-corrected chi connectivity index (χ1v) is 3.85. The topological polar surface area (TPSA) is 12.9 Å². The van der Waals surface area contributed by atoms with Crippen LogP contribution in [-0.4, -0.2) is 4.98 Å². The largest absolute Gasteiger partial charge is 0.256 e. The maximum Gasteiger partial charge on any atom is 0.0701 e. The summed E-state index contributed by atoms with van der Waals surface area (Å²) in [6.45, 7) is 0. The average Bonchev–Trinajstić information content (AvgIpc) is 2.20. The third-order valence-corrected chi connectivity index (χ3v) is 1.65. The van der Waals surface area contributed by atoms with E-state index in [1.807, 2.05) is 36.4 Å². The van der Waals surface area contributed by atoms with Gasteiger partial charge in [0.1, 0.15) is 0 Å². The maximum atomic E-state index is 7.67. The Morgan fingerprint density at radius 3 is 2.67 bits per heavy atom. The van der Waals surface area contributed by atoms with E-state index in [0.29, 0.717) is 6.04 Å². The molecule has 0 bridgehead atoms. The van der Waals surface area contributed by atoms with Gasteiger partial charge in [0.05, 0.1) is 7.06 Å². The van der Waals surface area contributed by atoms with Crippen molar-refractivity contribution in [2.24, 2.45) is 0 Å². The van der Waals surface area contributed by atoms with Crippen molar-refractivity contribution in [3.05, 3.63) is 54.7 Å². The molecule has 1 heterocycles. The van der Waals surface area contributed by atoms with Crippen molar-refractivity contribution < 1.29 is 1.37 Å². The van der Waals surface area contributed by atoms with Gasteiger partial charge in [-0.15, -0.1) is 0 Å². The zero-order valence-electron chi connectivity index (χ0n) is 7.57. The van der Waals surface area contributed by atoms with Gasteiger partial charge in [-0.3, -0.25) is 4.98 Å². The van der Waals surface area contributed by atoms with E-state index < -0.39 is 0 Å².